The lowest BCUT2D eigenvalue weighted by atomic mass is 10.1. The van der Waals surface area contributed by atoms with E-state index in [0.29, 0.717) is 25.8 Å². The number of fused-ring (bicyclic) bond motifs is 1. The van der Waals surface area contributed by atoms with Gasteiger partial charge in [-0.3, -0.25) is 9.59 Å². The Balaban J connectivity index is 1.99. The largest absolute Gasteiger partial charge is 0.300 e. The highest BCUT2D eigenvalue weighted by Crippen LogP contribution is 2.34. The van der Waals surface area contributed by atoms with Crippen molar-refractivity contribution in [2.24, 2.45) is 0 Å². The van der Waals surface area contributed by atoms with Crippen molar-refractivity contribution in [3.8, 4) is 0 Å². The van der Waals surface area contributed by atoms with Crippen LogP contribution in [0.5, 0.6) is 0 Å². The van der Waals surface area contributed by atoms with Gasteiger partial charge in [0.2, 0.25) is 0 Å². The quantitative estimate of drug-likeness (QED) is 0.565. The minimum Gasteiger partial charge on any atom is -0.300 e. The van der Waals surface area contributed by atoms with Crippen molar-refractivity contribution < 1.29 is 9.59 Å². The third-order valence-corrected chi connectivity index (χ3v) is 5.17. The molecular weight excluding hydrogens is 377 g/mol. The van der Waals surface area contributed by atoms with Crippen LogP contribution < -0.4 is 4.90 Å². The summed E-state index contributed by atoms with van der Waals surface area (Å²) in [5.41, 5.74) is 1.80. The molecule has 1 aliphatic rings. The number of carbonyl (C=O) groups is 2. The Morgan fingerprint density at radius 2 is 1.67 bits per heavy atom. The fourth-order valence-corrected chi connectivity index (χ4v) is 3.05. The van der Waals surface area contributed by atoms with Crippen molar-refractivity contribution in [3.05, 3.63) is 62.0 Å². The first-order chi connectivity index (χ1) is 9.99. The maximum Gasteiger partial charge on any atom is 0.299 e. The normalized spacial score (nSPS) is 13.8. The smallest absolute Gasteiger partial charge is 0.299 e. The molecule has 1 aliphatic heterocycles. The van der Waals surface area contributed by atoms with Gasteiger partial charge in [-0.2, -0.15) is 0 Å². The van der Waals surface area contributed by atoms with Crippen LogP contribution in [0.25, 0.3) is 0 Å². The van der Waals surface area contributed by atoms with Crippen molar-refractivity contribution >= 4 is 56.5 Å². The Labute approximate surface area is 139 Å². The molecule has 0 N–H and O–H groups in total. The highest BCUT2D eigenvalue weighted by atomic mass is 79.9. The molecule has 0 aliphatic carbocycles. The molecule has 0 aromatic heterocycles. The topological polar surface area (TPSA) is 37.4 Å². The van der Waals surface area contributed by atoms with E-state index in [0.717, 1.165) is 5.56 Å². The maximum atomic E-state index is 12.1. The summed E-state index contributed by atoms with van der Waals surface area (Å²) in [5.74, 6) is -1.02. The SMILES string of the molecule is O=C1C(=O)N(Cc2cc(Cl)c(Br)c(Cl)c2)c2ccccc21. The summed E-state index contributed by atoms with van der Waals surface area (Å²) < 4.78 is 0.610. The van der Waals surface area contributed by atoms with Crippen molar-refractivity contribution in [3.63, 3.8) is 0 Å². The number of rotatable bonds is 2. The third-order valence-electron chi connectivity index (χ3n) is 3.26. The summed E-state index contributed by atoms with van der Waals surface area (Å²) in [7, 11) is 0. The van der Waals surface area contributed by atoms with Gasteiger partial charge in [-0.1, -0.05) is 35.3 Å². The molecule has 3 rings (SSSR count). The number of ketones is 1. The van der Waals surface area contributed by atoms with Crippen LogP contribution in [0.1, 0.15) is 15.9 Å². The number of para-hydroxylation sites is 1. The Morgan fingerprint density at radius 1 is 1.05 bits per heavy atom. The summed E-state index contributed by atoms with van der Waals surface area (Å²) in [5, 5.41) is 0.924. The van der Waals surface area contributed by atoms with Crippen LogP contribution >= 0.6 is 39.1 Å². The molecule has 106 valence electrons. The van der Waals surface area contributed by atoms with Gasteiger partial charge in [0.15, 0.2) is 0 Å². The first-order valence-corrected chi connectivity index (χ1v) is 7.62. The van der Waals surface area contributed by atoms with E-state index in [4.69, 9.17) is 23.2 Å². The summed E-state index contributed by atoms with van der Waals surface area (Å²) in [4.78, 5) is 25.5. The van der Waals surface area contributed by atoms with Crippen molar-refractivity contribution in [1.29, 1.82) is 0 Å². The van der Waals surface area contributed by atoms with Gasteiger partial charge < -0.3 is 4.90 Å². The summed E-state index contributed by atoms with van der Waals surface area (Å²) in [6.45, 7) is 0.244. The highest BCUT2D eigenvalue weighted by Gasteiger charge is 2.35. The van der Waals surface area contributed by atoms with Gasteiger partial charge in [0, 0.05) is 0 Å². The van der Waals surface area contributed by atoms with Gasteiger partial charge in [0.1, 0.15) is 0 Å². The molecule has 1 amide bonds. The number of hydrogen-bond acceptors (Lipinski definition) is 2. The second-order valence-corrected chi connectivity index (χ2v) is 6.22. The number of nitrogens with zero attached hydrogens (tertiary/aromatic N) is 1. The molecule has 0 atom stereocenters. The van der Waals surface area contributed by atoms with Gasteiger partial charge in [0.05, 0.1) is 32.3 Å². The van der Waals surface area contributed by atoms with Gasteiger partial charge >= 0.3 is 0 Å². The number of amides is 1. The van der Waals surface area contributed by atoms with Crippen LogP contribution in [0.3, 0.4) is 0 Å². The minimum absolute atomic E-state index is 0.244. The number of carbonyl (C=O) groups excluding carboxylic acids is 2. The molecule has 2 aromatic rings. The van der Waals surface area contributed by atoms with Gasteiger partial charge in [-0.15, -0.1) is 0 Å². The van der Waals surface area contributed by atoms with Crippen LogP contribution in [0.2, 0.25) is 10.0 Å². The molecule has 0 unspecified atom stereocenters. The van der Waals surface area contributed by atoms with E-state index in [1.54, 1.807) is 36.4 Å². The van der Waals surface area contributed by atoms with Crippen LogP contribution in [0.15, 0.2) is 40.9 Å². The summed E-state index contributed by atoms with van der Waals surface area (Å²) in [6.07, 6.45) is 0. The lowest BCUT2D eigenvalue weighted by Gasteiger charge is -2.17. The molecule has 6 heteroatoms. The van der Waals surface area contributed by atoms with Crippen molar-refractivity contribution in [2.75, 3.05) is 4.90 Å². The number of hydrogen-bond donors (Lipinski definition) is 0. The van der Waals surface area contributed by atoms with Crippen molar-refractivity contribution in [2.45, 2.75) is 6.54 Å². The minimum atomic E-state index is -0.536. The van der Waals surface area contributed by atoms with Crippen LogP contribution in [-0.4, -0.2) is 11.7 Å². The fourth-order valence-electron chi connectivity index (χ4n) is 2.29. The third kappa shape index (κ3) is 2.48. The zero-order valence-electron chi connectivity index (χ0n) is 10.6. The first-order valence-electron chi connectivity index (χ1n) is 6.07. The van der Waals surface area contributed by atoms with Crippen LogP contribution in [-0.2, 0) is 11.3 Å². The molecule has 0 fully saturated rings. The van der Waals surface area contributed by atoms with E-state index in [1.807, 2.05) is 0 Å². The molecule has 1 heterocycles. The van der Waals surface area contributed by atoms with E-state index in [9.17, 15) is 9.59 Å². The monoisotopic (exact) mass is 383 g/mol. The van der Waals surface area contributed by atoms with E-state index in [-0.39, 0.29) is 6.54 Å². The lowest BCUT2D eigenvalue weighted by molar-refractivity contribution is -0.114. The average molecular weight is 385 g/mol. The van der Waals surface area contributed by atoms with Gasteiger partial charge in [-0.25, -0.2) is 0 Å². The molecule has 0 saturated heterocycles. The van der Waals surface area contributed by atoms with E-state index in [2.05, 4.69) is 15.9 Å². The molecule has 21 heavy (non-hydrogen) atoms. The Kier molecular flexibility index (Phi) is 3.78. The number of anilines is 1. The summed E-state index contributed by atoms with van der Waals surface area (Å²) in [6, 6.07) is 10.4. The molecule has 0 saturated carbocycles. The van der Waals surface area contributed by atoms with E-state index in [1.165, 1.54) is 4.90 Å². The lowest BCUT2D eigenvalue weighted by Crippen LogP contribution is -2.29. The Morgan fingerprint density at radius 3 is 2.33 bits per heavy atom. The standard InChI is InChI=1S/C15H8BrCl2NO2/c16-13-10(17)5-8(6-11(13)18)7-19-12-4-2-1-3-9(12)14(20)15(19)21/h1-6H,7H2. The maximum absolute atomic E-state index is 12.1. The van der Waals surface area contributed by atoms with E-state index < -0.39 is 11.7 Å². The zero-order chi connectivity index (χ0) is 15.1. The molecular formula is C15H8BrCl2NO2. The second-order valence-electron chi connectivity index (χ2n) is 4.61. The number of halogens is 3. The summed E-state index contributed by atoms with van der Waals surface area (Å²) >= 11 is 15.4. The number of Topliss-reactive ketones (excluding diaryl/α,β-unsaturated/α-hetero) is 1. The van der Waals surface area contributed by atoms with Crippen molar-refractivity contribution in [1.82, 2.24) is 0 Å². The highest BCUT2D eigenvalue weighted by molar-refractivity contribution is 9.10. The van der Waals surface area contributed by atoms with Crippen LogP contribution in [0.4, 0.5) is 5.69 Å². The Bertz CT molecular complexity index is 753. The van der Waals surface area contributed by atoms with Gasteiger partial charge in [-0.05, 0) is 45.8 Å². The fraction of sp³-hybridized carbons (Fsp3) is 0.0667. The first kappa shape index (κ1) is 14.6. The van der Waals surface area contributed by atoms with Gasteiger partial charge in [0.25, 0.3) is 11.7 Å². The van der Waals surface area contributed by atoms with Crippen LogP contribution in [0, 0.1) is 0 Å². The number of benzene rings is 2. The predicted octanol–water partition coefficient (Wildman–Crippen LogP) is 4.49. The molecule has 0 spiro atoms. The Hall–Kier alpha value is -1.36. The molecule has 0 radical (unpaired) electrons. The predicted molar refractivity (Wildman–Crippen MR) is 86.1 cm³/mol. The van der Waals surface area contributed by atoms with E-state index >= 15 is 0 Å². The second kappa shape index (κ2) is 5.44. The zero-order valence-corrected chi connectivity index (χ0v) is 13.7. The molecule has 2 aromatic carbocycles. The average Bonchev–Trinajstić information content (AvgIpc) is 2.70. The molecule has 0 bridgehead atoms. The molecule has 3 nitrogen and oxygen atoms in total.